The third-order valence-electron chi connectivity index (χ3n) is 1.97. The number of nitro groups is 1. The minimum atomic E-state index is -0.745. The topological polar surface area (TPSA) is 101 Å². The first-order chi connectivity index (χ1) is 8.04. The van der Waals surface area contributed by atoms with Crippen LogP contribution in [-0.4, -0.2) is 16.6 Å². The van der Waals surface area contributed by atoms with Gasteiger partial charge in [0.1, 0.15) is 0 Å². The number of hydrogen-bond donors (Lipinski definition) is 2. The molecule has 0 aromatic heterocycles. The summed E-state index contributed by atoms with van der Waals surface area (Å²) in [4.78, 5) is 31.9. The van der Waals surface area contributed by atoms with Gasteiger partial charge in [-0.15, -0.1) is 0 Å². The van der Waals surface area contributed by atoms with Crippen molar-refractivity contribution in [1.29, 1.82) is 0 Å². The summed E-state index contributed by atoms with van der Waals surface area (Å²) in [5.74, 6) is -1.29. The lowest BCUT2D eigenvalue weighted by molar-refractivity contribution is -0.384. The molecule has 0 aliphatic carbocycles. The number of nitrogens with one attached hydrogen (secondary N) is 2. The van der Waals surface area contributed by atoms with Crippen molar-refractivity contribution in [2.24, 2.45) is 0 Å². The molecule has 0 radical (unpaired) electrons. The molecule has 0 saturated carbocycles. The lowest BCUT2D eigenvalue weighted by Gasteiger charge is -2.06. The highest BCUT2D eigenvalue weighted by atomic mass is 16.6. The second-order valence-electron chi connectivity index (χ2n) is 3.16. The van der Waals surface area contributed by atoms with E-state index in [0.717, 1.165) is 0 Å². The Bertz CT molecular complexity index is 441. The zero-order valence-corrected chi connectivity index (χ0v) is 9.10. The third kappa shape index (κ3) is 3.56. The molecule has 0 bridgehead atoms. The monoisotopic (exact) mass is 237 g/mol. The highest BCUT2D eigenvalue weighted by molar-refractivity contribution is 6.36. The van der Waals surface area contributed by atoms with E-state index >= 15 is 0 Å². The molecule has 0 saturated heterocycles. The number of nitrogens with zero attached hydrogens (tertiary/aromatic N) is 1. The average molecular weight is 237 g/mol. The predicted molar refractivity (Wildman–Crippen MR) is 60.2 cm³/mol. The molecule has 1 amide bonds. The average Bonchev–Trinajstić information content (AvgIpc) is 2.35. The van der Waals surface area contributed by atoms with E-state index in [9.17, 15) is 19.7 Å². The Morgan fingerprint density at radius 1 is 1.29 bits per heavy atom. The third-order valence-corrected chi connectivity index (χ3v) is 1.97. The molecular weight excluding hydrogens is 226 g/mol. The van der Waals surface area contributed by atoms with Crippen LogP contribution >= 0.6 is 0 Å². The maximum absolute atomic E-state index is 11.1. The Morgan fingerprint density at radius 3 is 2.35 bits per heavy atom. The van der Waals surface area contributed by atoms with E-state index in [-0.39, 0.29) is 12.1 Å². The minimum absolute atomic E-state index is 0.0495. The Labute approximate surface area is 96.9 Å². The number of nitro benzene ring substituents is 1. The number of non-ortho nitro benzene ring substituents is 1. The number of amides is 1. The van der Waals surface area contributed by atoms with Crippen molar-refractivity contribution in [2.45, 2.75) is 13.3 Å². The zero-order chi connectivity index (χ0) is 12.8. The summed E-state index contributed by atoms with van der Waals surface area (Å²) >= 11 is 0. The number of hydrazine groups is 1. The van der Waals surface area contributed by atoms with Crippen LogP contribution in [0.25, 0.3) is 0 Å². The van der Waals surface area contributed by atoms with Gasteiger partial charge in [0.15, 0.2) is 0 Å². The van der Waals surface area contributed by atoms with Gasteiger partial charge in [-0.2, -0.15) is 0 Å². The Morgan fingerprint density at radius 2 is 1.88 bits per heavy atom. The highest BCUT2D eigenvalue weighted by Crippen LogP contribution is 2.14. The van der Waals surface area contributed by atoms with Crippen molar-refractivity contribution in [3.63, 3.8) is 0 Å². The zero-order valence-electron chi connectivity index (χ0n) is 9.10. The standard InChI is InChI=1S/C10H11N3O4/c1-2-9(14)10(15)12-11-7-3-5-8(6-4-7)13(16)17/h3-6,11H,2H2,1H3,(H,12,15). The van der Waals surface area contributed by atoms with E-state index in [1.807, 2.05) is 0 Å². The van der Waals surface area contributed by atoms with Gasteiger partial charge in [0.25, 0.3) is 5.69 Å². The van der Waals surface area contributed by atoms with E-state index in [1.165, 1.54) is 24.3 Å². The molecule has 7 nitrogen and oxygen atoms in total. The number of Topliss-reactive ketones (excluding diaryl/α,β-unsaturated/α-hetero) is 1. The molecule has 1 aromatic rings. The molecule has 0 aliphatic rings. The number of carbonyl (C=O) groups is 2. The second-order valence-corrected chi connectivity index (χ2v) is 3.16. The minimum Gasteiger partial charge on any atom is -0.298 e. The quantitative estimate of drug-likeness (QED) is 0.452. The molecule has 0 spiro atoms. The fraction of sp³-hybridized carbons (Fsp3) is 0.200. The molecule has 1 rings (SSSR count). The molecular formula is C10H11N3O4. The van der Waals surface area contributed by atoms with Crippen molar-refractivity contribution < 1.29 is 14.5 Å². The molecule has 0 heterocycles. The first kappa shape index (κ1) is 12.6. The fourth-order valence-electron chi connectivity index (χ4n) is 1.03. The van der Waals surface area contributed by atoms with E-state index < -0.39 is 16.6 Å². The van der Waals surface area contributed by atoms with Gasteiger partial charge in [-0.3, -0.25) is 30.6 Å². The van der Waals surface area contributed by atoms with Crippen molar-refractivity contribution in [3.05, 3.63) is 34.4 Å². The summed E-state index contributed by atoms with van der Waals surface area (Å²) < 4.78 is 0. The molecule has 0 aliphatic heterocycles. The number of rotatable bonds is 5. The normalized spacial score (nSPS) is 9.47. The molecule has 1 aromatic carbocycles. The molecule has 90 valence electrons. The maximum atomic E-state index is 11.1. The van der Waals surface area contributed by atoms with Crippen molar-refractivity contribution in [1.82, 2.24) is 5.43 Å². The van der Waals surface area contributed by atoms with Crippen LogP contribution in [0, 0.1) is 10.1 Å². The molecule has 17 heavy (non-hydrogen) atoms. The number of benzene rings is 1. The molecule has 0 unspecified atom stereocenters. The van der Waals surface area contributed by atoms with E-state index in [1.54, 1.807) is 6.92 Å². The smallest absolute Gasteiger partial charge is 0.298 e. The molecule has 0 atom stereocenters. The van der Waals surface area contributed by atoms with Gasteiger partial charge in [0, 0.05) is 18.6 Å². The van der Waals surface area contributed by atoms with Crippen LogP contribution in [0.5, 0.6) is 0 Å². The summed E-state index contributed by atoms with van der Waals surface area (Å²) in [6.07, 6.45) is 0.119. The number of carbonyl (C=O) groups excluding carboxylic acids is 2. The number of ketones is 1. The molecule has 2 N–H and O–H groups in total. The van der Waals surface area contributed by atoms with Crippen LogP contribution in [0.4, 0.5) is 11.4 Å². The first-order valence-corrected chi connectivity index (χ1v) is 4.88. The van der Waals surface area contributed by atoms with E-state index in [0.29, 0.717) is 5.69 Å². The van der Waals surface area contributed by atoms with E-state index in [4.69, 9.17) is 0 Å². The van der Waals surface area contributed by atoms with Crippen molar-refractivity contribution in [3.8, 4) is 0 Å². The van der Waals surface area contributed by atoms with Gasteiger partial charge in [-0.05, 0) is 12.1 Å². The van der Waals surface area contributed by atoms with Gasteiger partial charge in [0.05, 0.1) is 10.6 Å². The SMILES string of the molecule is CCC(=O)C(=O)NNc1ccc([N+](=O)[O-])cc1. The summed E-state index contributed by atoms with van der Waals surface area (Å²) in [6, 6.07) is 5.43. The highest BCUT2D eigenvalue weighted by Gasteiger charge is 2.10. The van der Waals surface area contributed by atoms with Crippen LogP contribution in [0.3, 0.4) is 0 Å². The maximum Gasteiger partial charge on any atom is 0.305 e. The number of hydrogen-bond acceptors (Lipinski definition) is 5. The van der Waals surface area contributed by atoms with Crippen LogP contribution in [-0.2, 0) is 9.59 Å². The Balaban J connectivity index is 2.56. The Hall–Kier alpha value is -2.44. The lowest BCUT2D eigenvalue weighted by atomic mass is 10.3. The lowest BCUT2D eigenvalue weighted by Crippen LogP contribution is -2.34. The van der Waals surface area contributed by atoms with E-state index in [2.05, 4.69) is 10.9 Å². The van der Waals surface area contributed by atoms with Gasteiger partial charge in [-0.1, -0.05) is 6.92 Å². The van der Waals surface area contributed by atoms with Crippen molar-refractivity contribution >= 4 is 23.1 Å². The van der Waals surface area contributed by atoms with Gasteiger partial charge >= 0.3 is 5.91 Å². The summed E-state index contributed by atoms with van der Waals surface area (Å²) in [5, 5.41) is 10.4. The first-order valence-electron chi connectivity index (χ1n) is 4.88. The van der Waals surface area contributed by atoms with Crippen LogP contribution in [0.15, 0.2) is 24.3 Å². The second kappa shape index (κ2) is 5.59. The van der Waals surface area contributed by atoms with Crippen LogP contribution in [0.1, 0.15) is 13.3 Å². The van der Waals surface area contributed by atoms with Crippen LogP contribution in [0.2, 0.25) is 0 Å². The number of anilines is 1. The largest absolute Gasteiger partial charge is 0.305 e. The summed E-state index contributed by atoms with van der Waals surface area (Å²) in [7, 11) is 0. The molecule has 7 heteroatoms. The summed E-state index contributed by atoms with van der Waals surface area (Å²) in [6.45, 7) is 1.58. The fourth-order valence-corrected chi connectivity index (χ4v) is 1.03. The summed E-state index contributed by atoms with van der Waals surface area (Å²) in [5.41, 5.74) is 5.07. The Kier molecular flexibility index (Phi) is 4.15. The van der Waals surface area contributed by atoms with Gasteiger partial charge < -0.3 is 0 Å². The van der Waals surface area contributed by atoms with Crippen molar-refractivity contribution in [2.75, 3.05) is 5.43 Å². The predicted octanol–water partition coefficient (Wildman–Crippen LogP) is 1.02. The molecule has 0 fully saturated rings. The van der Waals surface area contributed by atoms with Crippen LogP contribution < -0.4 is 10.9 Å². The van der Waals surface area contributed by atoms with Gasteiger partial charge in [0.2, 0.25) is 5.78 Å². The van der Waals surface area contributed by atoms with Gasteiger partial charge in [-0.25, -0.2) is 0 Å².